The Labute approximate surface area is 158 Å². The van der Waals surface area contributed by atoms with E-state index in [1.165, 1.54) is 4.31 Å². The second-order valence-corrected chi connectivity index (χ2v) is 9.39. The molecule has 1 saturated heterocycles. The molecule has 1 amide bonds. The van der Waals surface area contributed by atoms with E-state index in [1.54, 1.807) is 0 Å². The van der Waals surface area contributed by atoms with E-state index < -0.39 is 10.0 Å². The monoisotopic (exact) mass is 380 g/mol. The number of nitrogens with zero attached hydrogens (tertiary/aromatic N) is 1. The lowest BCUT2D eigenvalue weighted by molar-refractivity contribution is -0.126. The summed E-state index contributed by atoms with van der Waals surface area (Å²) < 4.78 is 26.8. The third kappa shape index (κ3) is 6.40. The van der Waals surface area contributed by atoms with Crippen molar-refractivity contribution >= 4 is 15.9 Å². The zero-order chi connectivity index (χ0) is 19.0. The molecule has 2 atom stereocenters. The van der Waals surface area contributed by atoms with Crippen LogP contribution in [-0.4, -0.2) is 43.5 Å². The number of carbonyl (C=O) groups excluding carboxylic acids is 1. The minimum Gasteiger partial charge on any atom is -0.353 e. The molecular formula is C20H32N2O3S. The smallest absolute Gasteiger partial charge is 0.224 e. The average Bonchev–Trinajstić information content (AvgIpc) is 2.63. The average molecular weight is 381 g/mol. The Morgan fingerprint density at radius 1 is 1.31 bits per heavy atom. The van der Waals surface area contributed by atoms with E-state index in [-0.39, 0.29) is 23.6 Å². The summed E-state index contributed by atoms with van der Waals surface area (Å²) in [6.07, 6.45) is 4.84. The second kappa shape index (κ2) is 10.1. The molecule has 1 aromatic rings. The van der Waals surface area contributed by atoms with E-state index in [9.17, 15) is 13.2 Å². The number of benzene rings is 1. The van der Waals surface area contributed by atoms with E-state index in [1.807, 2.05) is 37.3 Å². The maximum Gasteiger partial charge on any atom is 0.224 e. The van der Waals surface area contributed by atoms with Gasteiger partial charge in [0.05, 0.1) is 11.7 Å². The van der Waals surface area contributed by atoms with Crippen molar-refractivity contribution in [2.45, 2.75) is 58.4 Å². The molecule has 0 radical (unpaired) electrons. The molecule has 0 bridgehead atoms. The summed E-state index contributed by atoms with van der Waals surface area (Å²) >= 11 is 0. The zero-order valence-electron chi connectivity index (χ0n) is 16.0. The van der Waals surface area contributed by atoms with Crippen LogP contribution in [0.3, 0.4) is 0 Å². The van der Waals surface area contributed by atoms with Gasteiger partial charge in [-0.25, -0.2) is 12.7 Å². The first-order valence-electron chi connectivity index (χ1n) is 9.74. The lowest BCUT2D eigenvalue weighted by Gasteiger charge is -2.32. The van der Waals surface area contributed by atoms with Crippen molar-refractivity contribution in [3.8, 4) is 0 Å². The molecule has 2 unspecified atom stereocenters. The van der Waals surface area contributed by atoms with Crippen molar-refractivity contribution in [1.29, 1.82) is 0 Å². The highest BCUT2D eigenvalue weighted by molar-refractivity contribution is 7.89. The Bertz CT molecular complexity index is 661. The Balaban J connectivity index is 1.85. The molecule has 6 heteroatoms. The molecule has 1 aliphatic rings. The molecule has 2 rings (SSSR count). The van der Waals surface area contributed by atoms with Gasteiger partial charge in [0.2, 0.25) is 15.9 Å². The number of sulfonamides is 1. The van der Waals surface area contributed by atoms with Crippen LogP contribution < -0.4 is 5.32 Å². The number of rotatable bonds is 9. The van der Waals surface area contributed by atoms with Gasteiger partial charge in [0.15, 0.2) is 0 Å². The van der Waals surface area contributed by atoms with Gasteiger partial charge in [-0.1, -0.05) is 43.7 Å². The van der Waals surface area contributed by atoms with Gasteiger partial charge in [0.1, 0.15) is 0 Å². The van der Waals surface area contributed by atoms with Crippen LogP contribution in [0.2, 0.25) is 0 Å². The number of amides is 1. The third-order valence-electron chi connectivity index (χ3n) is 4.97. The first-order chi connectivity index (χ1) is 12.4. The fourth-order valence-corrected chi connectivity index (χ4v) is 5.09. The molecule has 1 heterocycles. The normalized spacial score (nSPS) is 19.8. The maximum absolute atomic E-state index is 12.7. The molecule has 0 spiro atoms. The quantitative estimate of drug-likeness (QED) is 0.716. The summed E-state index contributed by atoms with van der Waals surface area (Å²) in [4.78, 5) is 12.4. The zero-order valence-corrected chi connectivity index (χ0v) is 16.8. The van der Waals surface area contributed by atoms with E-state index in [4.69, 9.17) is 0 Å². The van der Waals surface area contributed by atoms with Crippen molar-refractivity contribution in [1.82, 2.24) is 9.62 Å². The van der Waals surface area contributed by atoms with Crippen LogP contribution in [0.25, 0.3) is 0 Å². The summed E-state index contributed by atoms with van der Waals surface area (Å²) in [5, 5.41) is 3.03. The van der Waals surface area contributed by atoms with Crippen molar-refractivity contribution in [3.63, 3.8) is 0 Å². The predicted molar refractivity (Wildman–Crippen MR) is 105 cm³/mol. The number of nitrogens with one attached hydrogen (secondary N) is 1. The fourth-order valence-electron chi connectivity index (χ4n) is 3.51. The molecule has 5 nitrogen and oxygen atoms in total. The molecule has 1 aliphatic heterocycles. The topological polar surface area (TPSA) is 66.5 Å². The summed E-state index contributed by atoms with van der Waals surface area (Å²) in [6, 6.07) is 10.1. The molecule has 0 saturated carbocycles. The first-order valence-corrected chi connectivity index (χ1v) is 11.4. The highest BCUT2D eigenvalue weighted by Crippen LogP contribution is 2.21. The number of hydrogen-bond acceptors (Lipinski definition) is 3. The van der Waals surface area contributed by atoms with E-state index in [0.717, 1.165) is 37.7 Å². The second-order valence-electron chi connectivity index (χ2n) is 7.30. The Morgan fingerprint density at radius 2 is 2.04 bits per heavy atom. The van der Waals surface area contributed by atoms with Gasteiger partial charge in [-0.15, -0.1) is 0 Å². The van der Waals surface area contributed by atoms with Gasteiger partial charge in [-0.3, -0.25) is 4.79 Å². The Kier molecular flexibility index (Phi) is 8.10. The van der Waals surface area contributed by atoms with Gasteiger partial charge in [0.25, 0.3) is 0 Å². The summed E-state index contributed by atoms with van der Waals surface area (Å²) in [5.41, 5.74) is 1.16. The van der Waals surface area contributed by atoms with E-state index in [0.29, 0.717) is 19.5 Å². The fraction of sp³-hybridized carbons (Fsp3) is 0.650. The number of piperidine rings is 1. The lowest BCUT2D eigenvalue weighted by atomic mass is 9.98. The van der Waals surface area contributed by atoms with Crippen LogP contribution in [-0.2, 0) is 21.2 Å². The van der Waals surface area contributed by atoms with Gasteiger partial charge in [-0.05, 0) is 44.6 Å². The summed E-state index contributed by atoms with van der Waals surface area (Å²) in [6.45, 7) is 4.94. The SMILES string of the molecule is CCCC(C)NC(=O)C1CCCN(S(=O)(=O)CCCc2ccccc2)C1. The number of hydrogen-bond donors (Lipinski definition) is 1. The van der Waals surface area contributed by atoms with Crippen LogP contribution in [0.15, 0.2) is 30.3 Å². The molecule has 1 aromatic carbocycles. The van der Waals surface area contributed by atoms with Gasteiger partial charge >= 0.3 is 0 Å². The minimum absolute atomic E-state index is 0.00450. The molecule has 1 N–H and O–H groups in total. The van der Waals surface area contributed by atoms with E-state index in [2.05, 4.69) is 12.2 Å². The number of carbonyl (C=O) groups is 1. The van der Waals surface area contributed by atoms with Crippen molar-refractivity contribution < 1.29 is 13.2 Å². The maximum atomic E-state index is 12.7. The molecule has 0 aromatic heterocycles. The first kappa shape index (κ1) is 20.9. The molecule has 26 heavy (non-hydrogen) atoms. The van der Waals surface area contributed by atoms with Crippen LogP contribution in [0.4, 0.5) is 0 Å². The van der Waals surface area contributed by atoms with Crippen molar-refractivity contribution in [2.24, 2.45) is 5.92 Å². The van der Waals surface area contributed by atoms with E-state index >= 15 is 0 Å². The van der Waals surface area contributed by atoms with Crippen molar-refractivity contribution in [2.75, 3.05) is 18.8 Å². The predicted octanol–water partition coefficient (Wildman–Crippen LogP) is 2.97. The van der Waals surface area contributed by atoms with Gasteiger partial charge < -0.3 is 5.32 Å². The highest BCUT2D eigenvalue weighted by Gasteiger charge is 2.32. The minimum atomic E-state index is -3.31. The van der Waals surface area contributed by atoms with Crippen LogP contribution in [0.1, 0.15) is 51.5 Å². The Morgan fingerprint density at radius 3 is 2.73 bits per heavy atom. The molecule has 1 fully saturated rings. The van der Waals surface area contributed by atoms with Crippen LogP contribution in [0.5, 0.6) is 0 Å². The Hall–Kier alpha value is -1.40. The number of aryl methyl sites for hydroxylation is 1. The largest absolute Gasteiger partial charge is 0.353 e. The molecule has 146 valence electrons. The summed E-state index contributed by atoms with van der Waals surface area (Å²) in [5.74, 6) is -0.0928. The van der Waals surface area contributed by atoms with Crippen LogP contribution in [0, 0.1) is 5.92 Å². The van der Waals surface area contributed by atoms with Crippen LogP contribution >= 0.6 is 0 Å². The van der Waals surface area contributed by atoms with Gasteiger partial charge in [-0.2, -0.15) is 0 Å². The van der Waals surface area contributed by atoms with Gasteiger partial charge in [0, 0.05) is 19.1 Å². The standard InChI is InChI=1S/C20H32N2O3S/c1-3-9-17(2)21-20(23)19-13-7-14-22(16-19)26(24,25)15-8-12-18-10-5-4-6-11-18/h4-6,10-11,17,19H,3,7-9,12-16H2,1-2H3,(H,21,23). The van der Waals surface area contributed by atoms with Crippen molar-refractivity contribution in [3.05, 3.63) is 35.9 Å². The highest BCUT2D eigenvalue weighted by atomic mass is 32.2. The summed E-state index contributed by atoms with van der Waals surface area (Å²) in [7, 11) is -3.31. The lowest BCUT2D eigenvalue weighted by Crippen LogP contribution is -2.47. The molecular weight excluding hydrogens is 348 g/mol. The molecule has 0 aliphatic carbocycles. The third-order valence-corrected chi connectivity index (χ3v) is 6.89.